The van der Waals surface area contributed by atoms with Crippen LogP contribution in [0.4, 0.5) is 0 Å². The molecule has 2 aromatic heterocycles. The van der Waals surface area contributed by atoms with Crippen LogP contribution in [0.1, 0.15) is 24.5 Å². The monoisotopic (exact) mass is 497 g/mol. The summed E-state index contributed by atoms with van der Waals surface area (Å²) in [4.78, 5) is 33.6. The number of aromatic nitrogens is 2. The second-order valence-electron chi connectivity index (χ2n) is 9.14. The minimum atomic E-state index is -0.955. The van der Waals surface area contributed by atoms with Crippen LogP contribution in [0, 0.1) is 11.3 Å². The lowest BCUT2D eigenvalue weighted by molar-refractivity contribution is -0.152. The molecule has 5 rings (SSSR count). The van der Waals surface area contributed by atoms with E-state index in [9.17, 15) is 9.59 Å². The van der Waals surface area contributed by atoms with E-state index in [4.69, 9.17) is 19.7 Å². The highest BCUT2D eigenvalue weighted by molar-refractivity contribution is 5.93. The van der Waals surface area contributed by atoms with Crippen LogP contribution in [0.5, 0.6) is 5.75 Å². The zero-order valence-electron chi connectivity index (χ0n) is 20.4. The summed E-state index contributed by atoms with van der Waals surface area (Å²) in [6, 6.07) is 21.3. The number of hydroxylamine groups is 1. The smallest absolute Gasteiger partial charge is 0.313 e. The van der Waals surface area contributed by atoms with Crippen molar-refractivity contribution >= 4 is 22.8 Å². The van der Waals surface area contributed by atoms with E-state index in [2.05, 4.69) is 4.98 Å². The van der Waals surface area contributed by atoms with Crippen LogP contribution in [0.25, 0.3) is 22.2 Å². The quantitative estimate of drug-likeness (QED) is 0.199. The van der Waals surface area contributed by atoms with E-state index < -0.39 is 23.2 Å². The molecule has 0 unspecified atom stereocenters. The maximum Gasteiger partial charge on any atom is 0.313 e. The molecule has 0 aliphatic heterocycles. The van der Waals surface area contributed by atoms with Gasteiger partial charge in [0.05, 0.1) is 29.2 Å². The van der Waals surface area contributed by atoms with Gasteiger partial charge in [0, 0.05) is 28.9 Å². The number of ether oxygens (including phenoxy) is 2. The molecule has 8 heteroatoms. The first kappa shape index (κ1) is 24.4. The largest absolute Gasteiger partial charge is 0.489 e. The van der Waals surface area contributed by atoms with Crippen LogP contribution in [0.2, 0.25) is 0 Å². The number of nitrogens with zero attached hydrogens (tertiary/aromatic N) is 2. The molecule has 1 aliphatic carbocycles. The number of carbonyl (C=O) groups excluding carboxylic acids is 2. The van der Waals surface area contributed by atoms with Crippen molar-refractivity contribution in [2.45, 2.75) is 26.4 Å². The molecule has 37 heavy (non-hydrogen) atoms. The number of hydrogen-bond donors (Lipinski definition) is 2. The Morgan fingerprint density at radius 2 is 1.92 bits per heavy atom. The summed E-state index contributed by atoms with van der Waals surface area (Å²) in [5.74, 6) is -0.916. The van der Waals surface area contributed by atoms with Gasteiger partial charge in [-0.05, 0) is 61.7 Å². The van der Waals surface area contributed by atoms with Gasteiger partial charge in [-0.15, -0.1) is 0 Å². The Morgan fingerprint density at radius 1 is 1.11 bits per heavy atom. The van der Waals surface area contributed by atoms with Crippen LogP contribution in [-0.2, 0) is 27.4 Å². The molecule has 8 nitrogen and oxygen atoms in total. The second kappa shape index (κ2) is 10.4. The number of para-hydroxylation sites is 1. The lowest BCUT2D eigenvalue weighted by Crippen LogP contribution is -2.30. The summed E-state index contributed by atoms with van der Waals surface area (Å²) in [6.45, 7) is 2.31. The first-order valence-corrected chi connectivity index (χ1v) is 12.2. The summed E-state index contributed by atoms with van der Waals surface area (Å²) in [5, 5.41) is 10.0. The van der Waals surface area contributed by atoms with Crippen LogP contribution >= 0.6 is 0 Å². The second-order valence-corrected chi connectivity index (χ2v) is 9.14. The normalized spacial score (nSPS) is 18.3. The van der Waals surface area contributed by atoms with E-state index in [0.717, 1.165) is 33.3 Å². The van der Waals surface area contributed by atoms with Crippen molar-refractivity contribution in [3.8, 4) is 17.0 Å². The molecule has 2 atom stereocenters. The first-order valence-electron chi connectivity index (χ1n) is 12.2. The first-order chi connectivity index (χ1) is 18.0. The number of fused-ring (bicyclic) bond motifs is 1. The number of hydrogen-bond acceptors (Lipinski definition) is 7. The third kappa shape index (κ3) is 5.01. The Labute approximate surface area is 214 Å². The van der Waals surface area contributed by atoms with Gasteiger partial charge in [-0.2, -0.15) is 0 Å². The highest BCUT2D eigenvalue weighted by Gasteiger charge is 2.64. The molecule has 1 amide bonds. The van der Waals surface area contributed by atoms with Crippen molar-refractivity contribution in [2.24, 2.45) is 11.3 Å². The number of rotatable bonds is 9. The Morgan fingerprint density at radius 3 is 2.65 bits per heavy atom. The number of esters is 1. The summed E-state index contributed by atoms with van der Waals surface area (Å²) < 4.78 is 11.3. The van der Waals surface area contributed by atoms with Gasteiger partial charge in [-0.1, -0.05) is 30.3 Å². The lowest BCUT2D eigenvalue weighted by atomic mass is 9.93. The van der Waals surface area contributed by atoms with Gasteiger partial charge in [0.1, 0.15) is 12.4 Å². The highest BCUT2D eigenvalue weighted by atomic mass is 16.5. The van der Waals surface area contributed by atoms with Gasteiger partial charge >= 0.3 is 5.97 Å². The molecule has 0 saturated heterocycles. The Balaban J connectivity index is 1.32. The topological polar surface area (TPSA) is 111 Å². The fourth-order valence-electron chi connectivity index (χ4n) is 4.75. The summed E-state index contributed by atoms with van der Waals surface area (Å²) in [7, 11) is 0. The molecule has 1 fully saturated rings. The van der Waals surface area contributed by atoms with E-state index >= 15 is 0 Å². The summed E-state index contributed by atoms with van der Waals surface area (Å²) in [6.07, 6.45) is 4.20. The minimum Gasteiger partial charge on any atom is -0.489 e. The molecule has 2 N–H and O–H groups in total. The molecule has 0 bridgehead atoms. The third-order valence-electron chi connectivity index (χ3n) is 6.78. The van der Waals surface area contributed by atoms with Crippen molar-refractivity contribution < 1.29 is 24.3 Å². The van der Waals surface area contributed by atoms with Crippen LogP contribution < -0.4 is 10.2 Å². The highest BCUT2D eigenvalue weighted by Crippen LogP contribution is 2.56. The van der Waals surface area contributed by atoms with E-state index in [1.165, 1.54) is 0 Å². The van der Waals surface area contributed by atoms with Crippen molar-refractivity contribution in [3.05, 3.63) is 90.3 Å². The molecule has 0 spiro atoms. The summed E-state index contributed by atoms with van der Waals surface area (Å²) >= 11 is 0. The SMILES string of the molecule is CCOC(=O)[C@@]1(Cc2ccc(OCc3cc(-c4cccnc4)nc4ccccc34)cc2)C[C@@H]1C(=O)NO. The van der Waals surface area contributed by atoms with Crippen molar-refractivity contribution in [2.75, 3.05) is 6.61 Å². The van der Waals surface area contributed by atoms with Crippen LogP contribution in [0.3, 0.4) is 0 Å². The number of benzene rings is 2. The molecule has 2 heterocycles. The Hall–Kier alpha value is -4.30. The van der Waals surface area contributed by atoms with Gasteiger partial charge in [0.25, 0.3) is 0 Å². The number of nitrogens with one attached hydrogen (secondary N) is 1. The maximum atomic E-state index is 12.6. The van der Waals surface area contributed by atoms with Gasteiger partial charge in [-0.25, -0.2) is 10.5 Å². The fraction of sp³-hybridized carbons (Fsp3) is 0.241. The third-order valence-corrected chi connectivity index (χ3v) is 6.78. The van der Waals surface area contributed by atoms with Crippen LogP contribution in [-0.4, -0.2) is 33.7 Å². The average Bonchev–Trinajstić information content (AvgIpc) is 3.68. The van der Waals surface area contributed by atoms with E-state index in [1.54, 1.807) is 24.8 Å². The standard InChI is InChI=1S/C29H27N3O5/c1-2-36-28(34)29(16-24(29)27(33)32-35)15-19-9-11-22(12-10-19)37-18-21-14-26(20-6-5-13-30-17-20)31-25-8-4-3-7-23(21)25/h3-14,17,24,35H,2,15-16,18H2,1H3,(H,32,33)/t24-,29+/m1/s1. The van der Waals surface area contributed by atoms with Crippen molar-refractivity contribution in [1.82, 2.24) is 15.4 Å². The lowest BCUT2D eigenvalue weighted by Gasteiger charge is -2.16. The van der Waals surface area contributed by atoms with E-state index in [-0.39, 0.29) is 6.61 Å². The minimum absolute atomic E-state index is 0.229. The van der Waals surface area contributed by atoms with Gasteiger partial charge in [0.15, 0.2) is 0 Å². The number of amides is 1. The van der Waals surface area contributed by atoms with Crippen LogP contribution in [0.15, 0.2) is 79.1 Å². The molecule has 1 aliphatic rings. The maximum absolute atomic E-state index is 12.6. The van der Waals surface area contributed by atoms with Crippen molar-refractivity contribution in [3.63, 3.8) is 0 Å². The Kier molecular flexibility index (Phi) is 6.83. The molecule has 1 saturated carbocycles. The van der Waals surface area contributed by atoms with Gasteiger partial charge in [-0.3, -0.25) is 19.8 Å². The van der Waals surface area contributed by atoms with E-state index in [0.29, 0.717) is 25.2 Å². The number of pyridine rings is 2. The fourth-order valence-corrected chi connectivity index (χ4v) is 4.75. The average molecular weight is 498 g/mol. The van der Waals surface area contributed by atoms with E-state index in [1.807, 2.05) is 66.7 Å². The molecular weight excluding hydrogens is 470 g/mol. The molecule has 2 aromatic carbocycles. The number of carbonyl (C=O) groups is 2. The predicted octanol–water partition coefficient (Wildman–Crippen LogP) is 4.49. The molecule has 0 radical (unpaired) electrons. The zero-order valence-corrected chi connectivity index (χ0v) is 20.4. The van der Waals surface area contributed by atoms with Gasteiger partial charge in [0.2, 0.25) is 5.91 Å². The zero-order chi connectivity index (χ0) is 25.8. The van der Waals surface area contributed by atoms with Crippen molar-refractivity contribution in [1.29, 1.82) is 0 Å². The van der Waals surface area contributed by atoms with Gasteiger partial charge < -0.3 is 9.47 Å². The summed E-state index contributed by atoms with van der Waals surface area (Å²) in [5.41, 5.74) is 5.23. The molecule has 4 aromatic rings. The Bertz CT molecular complexity index is 1420. The molecule has 188 valence electrons. The molecular formula is C29H27N3O5. The predicted molar refractivity (Wildman–Crippen MR) is 137 cm³/mol.